The Morgan fingerprint density at radius 2 is 1.71 bits per heavy atom. The summed E-state index contributed by atoms with van der Waals surface area (Å²) >= 11 is 0. The van der Waals surface area contributed by atoms with Gasteiger partial charge in [0.05, 0.1) is 13.2 Å². The summed E-state index contributed by atoms with van der Waals surface area (Å²) in [4.78, 5) is 41.1. The Labute approximate surface area is 166 Å². The molecule has 3 heterocycles. The molecule has 2 fully saturated rings. The van der Waals surface area contributed by atoms with Crippen molar-refractivity contribution in [3.8, 4) is 0 Å². The first-order chi connectivity index (χ1) is 13.6. The maximum Gasteiger partial charge on any atom is 0.225 e. The van der Waals surface area contributed by atoms with Gasteiger partial charge >= 0.3 is 0 Å². The van der Waals surface area contributed by atoms with Crippen molar-refractivity contribution in [1.82, 2.24) is 24.7 Å². The van der Waals surface area contributed by atoms with E-state index in [-0.39, 0.29) is 11.8 Å². The van der Waals surface area contributed by atoms with Gasteiger partial charge in [-0.25, -0.2) is 9.97 Å². The molecule has 0 aromatic carbocycles. The second-order valence-electron chi connectivity index (χ2n) is 7.13. The Morgan fingerprint density at radius 3 is 2.36 bits per heavy atom. The first-order valence-electron chi connectivity index (χ1n) is 9.99. The Kier molecular flexibility index (Phi) is 7.55. The second kappa shape index (κ2) is 10.3. The highest BCUT2D eigenvalue weighted by atomic mass is 16.5. The summed E-state index contributed by atoms with van der Waals surface area (Å²) in [6.45, 7) is 9.59. The summed E-state index contributed by atoms with van der Waals surface area (Å²) in [6.07, 6.45) is 3.82. The van der Waals surface area contributed by atoms with Gasteiger partial charge in [-0.1, -0.05) is 0 Å². The largest absolute Gasteiger partial charge is 0.379 e. The number of piperazine rings is 1. The van der Waals surface area contributed by atoms with Crippen LogP contribution in [0.2, 0.25) is 0 Å². The average molecular weight is 390 g/mol. The molecule has 0 atom stereocenters. The number of amides is 2. The summed E-state index contributed by atoms with van der Waals surface area (Å²) in [5.74, 6) is 0.832. The standard InChI is InChI=1S/C19H30N6O3/c1-17(26)23(8-7-22-13-15-28-16-14-22)6-3-18(27)24-9-11-25(12-10-24)19-20-4-2-5-21-19/h2,4-5H,3,6-16H2,1H3. The first-order valence-corrected chi connectivity index (χ1v) is 9.99. The van der Waals surface area contributed by atoms with Gasteiger partial charge in [-0.05, 0) is 6.07 Å². The number of anilines is 1. The Hall–Kier alpha value is -2.26. The maximum absolute atomic E-state index is 12.6. The zero-order chi connectivity index (χ0) is 19.8. The van der Waals surface area contributed by atoms with Crippen molar-refractivity contribution in [2.75, 3.05) is 77.0 Å². The number of hydrogen-bond donors (Lipinski definition) is 0. The third kappa shape index (κ3) is 5.87. The number of nitrogens with zero attached hydrogens (tertiary/aromatic N) is 6. The normalized spacial score (nSPS) is 18.2. The van der Waals surface area contributed by atoms with Gasteiger partial charge in [0.2, 0.25) is 17.8 Å². The molecule has 3 rings (SSSR count). The van der Waals surface area contributed by atoms with Crippen LogP contribution < -0.4 is 4.90 Å². The molecule has 154 valence electrons. The first kappa shape index (κ1) is 20.5. The molecule has 0 radical (unpaired) electrons. The lowest BCUT2D eigenvalue weighted by molar-refractivity contribution is -0.133. The van der Waals surface area contributed by atoms with Crippen LogP contribution in [0, 0.1) is 0 Å². The molecule has 1 aromatic heterocycles. The minimum atomic E-state index is 0.0205. The van der Waals surface area contributed by atoms with Crippen LogP contribution in [0.15, 0.2) is 18.5 Å². The van der Waals surface area contributed by atoms with E-state index in [0.717, 1.165) is 45.9 Å². The highest BCUT2D eigenvalue weighted by Crippen LogP contribution is 2.11. The summed E-state index contributed by atoms with van der Waals surface area (Å²) < 4.78 is 5.35. The van der Waals surface area contributed by atoms with Crippen molar-refractivity contribution >= 4 is 17.8 Å². The zero-order valence-corrected chi connectivity index (χ0v) is 16.6. The molecule has 2 saturated heterocycles. The summed E-state index contributed by atoms with van der Waals surface area (Å²) in [7, 11) is 0. The van der Waals surface area contributed by atoms with E-state index in [1.54, 1.807) is 30.3 Å². The van der Waals surface area contributed by atoms with Gasteiger partial charge in [-0.3, -0.25) is 14.5 Å². The van der Waals surface area contributed by atoms with E-state index < -0.39 is 0 Å². The van der Waals surface area contributed by atoms with Gasteiger partial charge in [-0.2, -0.15) is 0 Å². The molecule has 0 bridgehead atoms. The van der Waals surface area contributed by atoms with Crippen molar-refractivity contribution < 1.29 is 14.3 Å². The third-order valence-corrected chi connectivity index (χ3v) is 5.30. The molecule has 1 aromatic rings. The molecule has 9 nitrogen and oxygen atoms in total. The molecule has 9 heteroatoms. The van der Waals surface area contributed by atoms with Crippen LogP contribution in [0.1, 0.15) is 13.3 Å². The SMILES string of the molecule is CC(=O)N(CCC(=O)N1CCN(c2ncccn2)CC1)CCN1CCOCC1. The molecule has 2 aliphatic rings. The van der Waals surface area contributed by atoms with E-state index in [1.165, 1.54) is 0 Å². The van der Waals surface area contributed by atoms with E-state index in [1.807, 2.05) is 4.90 Å². The van der Waals surface area contributed by atoms with E-state index in [0.29, 0.717) is 38.5 Å². The average Bonchev–Trinajstić information content (AvgIpc) is 2.75. The van der Waals surface area contributed by atoms with Gasteiger partial charge in [0.1, 0.15) is 0 Å². The number of carbonyl (C=O) groups excluding carboxylic acids is 2. The van der Waals surface area contributed by atoms with Crippen LogP contribution in [-0.4, -0.2) is 109 Å². The highest BCUT2D eigenvalue weighted by Gasteiger charge is 2.23. The van der Waals surface area contributed by atoms with Gasteiger partial charge in [0.15, 0.2) is 0 Å². The summed E-state index contributed by atoms with van der Waals surface area (Å²) in [5, 5.41) is 0. The molecule has 0 aliphatic carbocycles. The van der Waals surface area contributed by atoms with Crippen molar-refractivity contribution in [3.63, 3.8) is 0 Å². The van der Waals surface area contributed by atoms with Crippen molar-refractivity contribution in [3.05, 3.63) is 18.5 Å². The van der Waals surface area contributed by atoms with E-state index in [4.69, 9.17) is 4.74 Å². The monoisotopic (exact) mass is 390 g/mol. The molecule has 0 saturated carbocycles. The van der Waals surface area contributed by atoms with Crippen LogP contribution in [0.3, 0.4) is 0 Å². The minimum Gasteiger partial charge on any atom is -0.379 e. The second-order valence-corrected chi connectivity index (χ2v) is 7.13. The van der Waals surface area contributed by atoms with Crippen LogP contribution in [0.4, 0.5) is 5.95 Å². The molecule has 0 unspecified atom stereocenters. The number of carbonyl (C=O) groups is 2. The van der Waals surface area contributed by atoms with Gasteiger partial charge < -0.3 is 19.4 Å². The number of morpholine rings is 1. The molecule has 28 heavy (non-hydrogen) atoms. The van der Waals surface area contributed by atoms with Gasteiger partial charge in [0.25, 0.3) is 0 Å². The predicted octanol–water partition coefficient (Wildman–Crippen LogP) is -0.304. The lowest BCUT2D eigenvalue weighted by atomic mass is 10.2. The number of ether oxygens (including phenoxy) is 1. The van der Waals surface area contributed by atoms with E-state index in [2.05, 4.69) is 19.8 Å². The lowest BCUT2D eigenvalue weighted by Gasteiger charge is -2.35. The fourth-order valence-corrected chi connectivity index (χ4v) is 3.51. The lowest BCUT2D eigenvalue weighted by Crippen LogP contribution is -2.50. The summed E-state index contributed by atoms with van der Waals surface area (Å²) in [6, 6.07) is 1.79. The van der Waals surface area contributed by atoms with E-state index >= 15 is 0 Å². The zero-order valence-electron chi connectivity index (χ0n) is 16.6. The number of rotatable bonds is 7. The van der Waals surface area contributed by atoms with Crippen LogP contribution in [0.25, 0.3) is 0 Å². The van der Waals surface area contributed by atoms with Crippen LogP contribution >= 0.6 is 0 Å². The van der Waals surface area contributed by atoms with Crippen molar-refractivity contribution in [2.45, 2.75) is 13.3 Å². The Balaban J connectivity index is 1.40. The topological polar surface area (TPSA) is 82.1 Å². The van der Waals surface area contributed by atoms with Gasteiger partial charge in [-0.15, -0.1) is 0 Å². The van der Waals surface area contributed by atoms with Crippen LogP contribution in [-0.2, 0) is 14.3 Å². The molecular formula is C19H30N6O3. The molecule has 0 N–H and O–H groups in total. The molecular weight excluding hydrogens is 360 g/mol. The summed E-state index contributed by atoms with van der Waals surface area (Å²) in [5.41, 5.74) is 0. The number of aromatic nitrogens is 2. The highest BCUT2D eigenvalue weighted by molar-refractivity contribution is 5.78. The Bertz CT molecular complexity index is 630. The molecule has 0 spiro atoms. The Morgan fingerprint density at radius 1 is 1.04 bits per heavy atom. The van der Waals surface area contributed by atoms with Gasteiger partial charge in [0, 0.05) is 84.6 Å². The van der Waals surface area contributed by atoms with Crippen molar-refractivity contribution in [1.29, 1.82) is 0 Å². The molecule has 2 amide bonds. The number of hydrogen-bond acceptors (Lipinski definition) is 7. The van der Waals surface area contributed by atoms with E-state index in [9.17, 15) is 9.59 Å². The fraction of sp³-hybridized carbons (Fsp3) is 0.684. The third-order valence-electron chi connectivity index (χ3n) is 5.30. The minimum absolute atomic E-state index is 0.0205. The smallest absolute Gasteiger partial charge is 0.225 e. The van der Waals surface area contributed by atoms with Crippen LogP contribution in [0.5, 0.6) is 0 Å². The maximum atomic E-state index is 12.6. The van der Waals surface area contributed by atoms with Crippen molar-refractivity contribution in [2.24, 2.45) is 0 Å². The quantitative estimate of drug-likeness (QED) is 0.632. The fourth-order valence-electron chi connectivity index (χ4n) is 3.51. The molecule has 2 aliphatic heterocycles. The predicted molar refractivity (Wildman–Crippen MR) is 105 cm³/mol.